The van der Waals surface area contributed by atoms with Gasteiger partial charge in [-0.3, -0.25) is 14.6 Å². The van der Waals surface area contributed by atoms with Gasteiger partial charge in [0.05, 0.1) is 6.54 Å². The highest BCUT2D eigenvalue weighted by Gasteiger charge is 2.20. The molecular formula is C18H21ClN2O4. The van der Waals surface area contributed by atoms with Crippen molar-refractivity contribution in [1.82, 2.24) is 9.80 Å². The second kappa shape index (κ2) is 8.01. The van der Waals surface area contributed by atoms with E-state index in [2.05, 4.69) is 15.9 Å². The third-order valence-corrected chi connectivity index (χ3v) is 4.56. The van der Waals surface area contributed by atoms with E-state index in [0.29, 0.717) is 6.54 Å². The third kappa shape index (κ3) is 4.61. The van der Waals surface area contributed by atoms with Crippen LogP contribution < -0.4 is 5.43 Å². The first kappa shape index (κ1) is 17.9. The van der Waals surface area contributed by atoms with E-state index >= 15 is 0 Å². The fourth-order valence-electron chi connectivity index (χ4n) is 2.98. The van der Waals surface area contributed by atoms with Crippen LogP contribution in [0.25, 0.3) is 0 Å². The van der Waals surface area contributed by atoms with Crippen molar-refractivity contribution < 1.29 is 14.6 Å². The number of hydrogen-bond acceptors (Lipinski definition) is 6. The van der Waals surface area contributed by atoms with Gasteiger partial charge in [-0.05, 0) is 17.7 Å². The van der Waals surface area contributed by atoms with Gasteiger partial charge in [0.25, 0.3) is 0 Å². The minimum Gasteiger partial charge on any atom is -0.502 e. The Morgan fingerprint density at radius 1 is 1.08 bits per heavy atom. The molecule has 2 aromatic rings. The maximum atomic E-state index is 11.7. The molecule has 0 atom stereocenters. The van der Waals surface area contributed by atoms with Crippen LogP contribution in [0.1, 0.15) is 17.1 Å². The van der Waals surface area contributed by atoms with Crippen LogP contribution in [-0.2, 0) is 19.7 Å². The third-order valence-electron chi connectivity index (χ3n) is 4.33. The van der Waals surface area contributed by atoms with Gasteiger partial charge >= 0.3 is 0 Å². The van der Waals surface area contributed by atoms with Crippen molar-refractivity contribution >= 4 is 11.6 Å². The van der Waals surface area contributed by atoms with Crippen molar-refractivity contribution in [3.63, 3.8) is 0 Å². The number of aliphatic hydroxyl groups is 1. The maximum absolute atomic E-state index is 11.7. The van der Waals surface area contributed by atoms with Crippen LogP contribution >= 0.6 is 11.6 Å². The van der Waals surface area contributed by atoms with Gasteiger partial charge in [0.1, 0.15) is 12.4 Å². The molecule has 1 aromatic heterocycles. The molecule has 6 nitrogen and oxygen atoms in total. The molecule has 1 aliphatic heterocycles. The molecule has 25 heavy (non-hydrogen) atoms. The molecule has 2 N–H and O–H groups in total. The van der Waals surface area contributed by atoms with Crippen LogP contribution in [0.3, 0.4) is 0 Å². The Hall–Kier alpha value is -1.86. The lowest BCUT2D eigenvalue weighted by molar-refractivity contribution is 0.112. The van der Waals surface area contributed by atoms with Crippen molar-refractivity contribution in [3.05, 3.63) is 62.7 Å². The summed E-state index contributed by atoms with van der Waals surface area (Å²) >= 11 is 6.02. The summed E-state index contributed by atoms with van der Waals surface area (Å²) in [5.74, 6) is -0.00390. The lowest BCUT2D eigenvalue weighted by atomic mass is 10.2. The minimum atomic E-state index is -0.523. The van der Waals surface area contributed by atoms with Gasteiger partial charge in [0.2, 0.25) is 11.2 Å². The van der Waals surface area contributed by atoms with E-state index in [4.69, 9.17) is 21.1 Å². The summed E-state index contributed by atoms with van der Waals surface area (Å²) in [7, 11) is 0. The van der Waals surface area contributed by atoms with E-state index in [1.807, 2.05) is 18.2 Å². The molecule has 1 saturated heterocycles. The van der Waals surface area contributed by atoms with Crippen LogP contribution in [0.4, 0.5) is 0 Å². The summed E-state index contributed by atoms with van der Waals surface area (Å²) in [5.41, 5.74) is 0.658. The van der Waals surface area contributed by atoms with E-state index in [9.17, 15) is 9.90 Å². The number of aromatic hydroxyl groups is 1. The van der Waals surface area contributed by atoms with Crippen LogP contribution in [0.2, 0.25) is 5.02 Å². The first-order valence-electron chi connectivity index (χ1n) is 8.20. The Morgan fingerprint density at radius 2 is 1.76 bits per heavy atom. The standard InChI is InChI=1S/C18H21ClN2O4/c19-14-3-1-2-13(8-14)10-20-4-6-21(7-5-20)11-17-18(24)16(23)9-15(12-22)25-17/h1-3,8-9,22,24H,4-7,10-12H2. The molecule has 1 aromatic carbocycles. The molecule has 7 heteroatoms. The van der Waals surface area contributed by atoms with E-state index < -0.39 is 5.43 Å². The molecule has 0 radical (unpaired) electrons. The zero-order chi connectivity index (χ0) is 17.8. The summed E-state index contributed by atoms with van der Waals surface area (Å²) in [5, 5.41) is 19.8. The molecule has 0 bridgehead atoms. The van der Waals surface area contributed by atoms with Gasteiger partial charge in [-0.1, -0.05) is 23.7 Å². The summed E-state index contributed by atoms with van der Waals surface area (Å²) in [6.07, 6.45) is 0. The second-order valence-corrected chi connectivity index (χ2v) is 6.63. The Morgan fingerprint density at radius 3 is 2.40 bits per heavy atom. The quantitative estimate of drug-likeness (QED) is 0.842. The normalized spacial score (nSPS) is 16.2. The number of hydrogen-bond donors (Lipinski definition) is 2. The largest absolute Gasteiger partial charge is 0.502 e. The van der Waals surface area contributed by atoms with Gasteiger partial charge in [0, 0.05) is 43.8 Å². The van der Waals surface area contributed by atoms with Crippen LogP contribution in [0, 0.1) is 0 Å². The average molecular weight is 365 g/mol. The zero-order valence-corrected chi connectivity index (χ0v) is 14.6. The number of rotatable bonds is 5. The SMILES string of the molecule is O=c1cc(CO)oc(CN2CCN(Cc3cccc(Cl)c3)CC2)c1O. The highest BCUT2D eigenvalue weighted by atomic mass is 35.5. The first-order chi connectivity index (χ1) is 12.0. The predicted octanol–water partition coefficient (Wildman–Crippen LogP) is 1.81. The van der Waals surface area contributed by atoms with E-state index in [0.717, 1.165) is 43.8 Å². The van der Waals surface area contributed by atoms with Crippen molar-refractivity contribution in [2.75, 3.05) is 26.2 Å². The predicted molar refractivity (Wildman–Crippen MR) is 94.6 cm³/mol. The Bertz CT molecular complexity index is 785. The summed E-state index contributed by atoms with van der Waals surface area (Å²) < 4.78 is 5.41. The van der Waals surface area contributed by atoms with Crippen LogP contribution in [0.5, 0.6) is 5.75 Å². The van der Waals surface area contributed by atoms with E-state index in [-0.39, 0.29) is 23.9 Å². The molecule has 0 aliphatic carbocycles. The average Bonchev–Trinajstić information content (AvgIpc) is 2.60. The Labute approximate surface area is 150 Å². The van der Waals surface area contributed by atoms with Gasteiger partial charge in [-0.15, -0.1) is 0 Å². The molecule has 0 unspecified atom stereocenters. The van der Waals surface area contributed by atoms with Crippen LogP contribution in [-0.4, -0.2) is 46.2 Å². The molecule has 134 valence electrons. The maximum Gasteiger partial charge on any atom is 0.227 e. The summed E-state index contributed by atoms with van der Waals surface area (Å²) in [4.78, 5) is 16.1. The van der Waals surface area contributed by atoms with Gasteiger partial charge in [0.15, 0.2) is 5.76 Å². The number of aliphatic hydroxyl groups excluding tert-OH is 1. The fourth-order valence-corrected chi connectivity index (χ4v) is 3.19. The van der Waals surface area contributed by atoms with Crippen molar-refractivity contribution in [3.8, 4) is 5.75 Å². The van der Waals surface area contributed by atoms with Crippen molar-refractivity contribution in [1.29, 1.82) is 0 Å². The van der Waals surface area contributed by atoms with Gasteiger partial charge in [-0.2, -0.15) is 0 Å². The van der Waals surface area contributed by atoms with E-state index in [1.54, 1.807) is 0 Å². The second-order valence-electron chi connectivity index (χ2n) is 6.19. The smallest absolute Gasteiger partial charge is 0.227 e. The molecule has 1 aliphatic rings. The molecular weight excluding hydrogens is 344 g/mol. The number of halogens is 1. The molecule has 0 saturated carbocycles. The Kier molecular flexibility index (Phi) is 5.75. The molecule has 0 spiro atoms. The molecule has 3 rings (SSSR count). The monoisotopic (exact) mass is 364 g/mol. The molecule has 0 amide bonds. The van der Waals surface area contributed by atoms with Gasteiger partial charge in [-0.25, -0.2) is 0 Å². The number of nitrogens with zero attached hydrogens (tertiary/aromatic N) is 2. The van der Waals surface area contributed by atoms with Gasteiger partial charge < -0.3 is 14.6 Å². The zero-order valence-electron chi connectivity index (χ0n) is 13.8. The lowest BCUT2D eigenvalue weighted by Crippen LogP contribution is -2.45. The summed E-state index contributed by atoms with van der Waals surface area (Å²) in [6, 6.07) is 8.96. The molecule has 1 fully saturated rings. The highest BCUT2D eigenvalue weighted by Crippen LogP contribution is 2.18. The number of piperazine rings is 1. The Balaban J connectivity index is 1.58. The fraction of sp³-hybridized carbons (Fsp3) is 0.389. The van der Waals surface area contributed by atoms with Crippen LogP contribution in [0.15, 0.2) is 39.5 Å². The molecule has 2 heterocycles. The number of benzene rings is 1. The topological polar surface area (TPSA) is 77.2 Å². The summed E-state index contributed by atoms with van der Waals surface area (Å²) in [6.45, 7) is 4.17. The van der Waals surface area contributed by atoms with Crippen molar-refractivity contribution in [2.24, 2.45) is 0 Å². The minimum absolute atomic E-state index is 0.164. The van der Waals surface area contributed by atoms with Crippen molar-refractivity contribution in [2.45, 2.75) is 19.7 Å². The highest BCUT2D eigenvalue weighted by molar-refractivity contribution is 6.30. The van der Waals surface area contributed by atoms with E-state index in [1.165, 1.54) is 5.56 Å². The first-order valence-corrected chi connectivity index (χ1v) is 8.58. The lowest BCUT2D eigenvalue weighted by Gasteiger charge is -2.34.